The summed E-state index contributed by atoms with van der Waals surface area (Å²) < 4.78 is 5.68. The minimum atomic E-state index is 0.491. The molecule has 20 heavy (non-hydrogen) atoms. The molecular weight excluding hydrogens is 272 g/mol. The molecule has 0 fully saturated rings. The molecule has 0 spiro atoms. The van der Waals surface area contributed by atoms with E-state index in [-0.39, 0.29) is 0 Å². The SMILES string of the molecule is CCNCc1cccc(COCc2ccccc2Cl)n1. The smallest absolute Gasteiger partial charge is 0.0892 e. The van der Waals surface area contributed by atoms with Gasteiger partial charge < -0.3 is 10.1 Å². The minimum absolute atomic E-state index is 0.491. The van der Waals surface area contributed by atoms with E-state index in [1.54, 1.807) is 0 Å². The maximum absolute atomic E-state index is 6.08. The lowest BCUT2D eigenvalue weighted by molar-refractivity contribution is 0.104. The molecule has 1 heterocycles. The fraction of sp³-hybridized carbons (Fsp3) is 0.312. The molecule has 0 unspecified atom stereocenters. The molecule has 106 valence electrons. The number of rotatable bonds is 7. The summed E-state index contributed by atoms with van der Waals surface area (Å²) >= 11 is 6.08. The van der Waals surface area contributed by atoms with Crippen molar-refractivity contribution >= 4 is 11.6 Å². The lowest BCUT2D eigenvalue weighted by atomic mass is 10.2. The van der Waals surface area contributed by atoms with E-state index in [2.05, 4.69) is 17.2 Å². The average Bonchev–Trinajstić information content (AvgIpc) is 2.48. The molecule has 0 aliphatic rings. The van der Waals surface area contributed by atoms with Crippen LogP contribution in [0.3, 0.4) is 0 Å². The molecular formula is C16H19ClN2O. The molecule has 1 aromatic carbocycles. The topological polar surface area (TPSA) is 34.1 Å². The Bertz CT molecular complexity index is 546. The van der Waals surface area contributed by atoms with Crippen LogP contribution >= 0.6 is 11.6 Å². The standard InChI is InChI=1S/C16H19ClN2O/c1-2-18-10-14-7-5-8-15(19-14)12-20-11-13-6-3-4-9-16(13)17/h3-9,18H,2,10-12H2,1H3. The largest absolute Gasteiger partial charge is 0.370 e. The van der Waals surface area contributed by atoms with Crippen molar-refractivity contribution in [3.63, 3.8) is 0 Å². The van der Waals surface area contributed by atoms with Crippen molar-refractivity contribution in [1.29, 1.82) is 0 Å². The van der Waals surface area contributed by atoms with E-state index >= 15 is 0 Å². The first-order valence-electron chi connectivity index (χ1n) is 6.76. The van der Waals surface area contributed by atoms with Gasteiger partial charge in [0.15, 0.2) is 0 Å². The molecule has 0 saturated carbocycles. The average molecular weight is 291 g/mol. The molecule has 1 aromatic heterocycles. The third-order valence-corrected chi connectivity index (χ3v) is 3.25. The van der Waals surface area contributed by atoms with E-state index in [9.17, 15) is 0 Å². The van der Waals surface area contributed by atoms with Gasteiger partial charge in [0.05, 0.1) is 24.6 Å². The normalized spacial score (nSPS) is 10.7. The number of hydrogen-bond donors (Lipinski definition) is 1. The number of hydrogen-bond acceptors (Lipinski definition) is 3. The summed E-state index contributed by atoms with van der Waals surface area (Å²) in [7, 11) is 0. The van der Waals surface area contributed by atoms with Crippen LogP contribution in [-0.4, -0.2) is 11.5 Å². The van der Waals surface area contributed by atoms with E-state index in [1.165, 1.54) is 0 Å². The third-order valence-electron chi connectivity index (χ3n) is 2.89. The lowest BCUT2D eigenvalue weighted by Gasteiger charge is -2.07. The fourth-order valence-corrected chi connectivity index (χ4v) is 2.03. The van der Waals surface area contributed by atoms with E-state index in [0.717, 1.165) is 35.1 Å². The molecule has 2 aromatic rings. The van der Waals surface area contributed by atoms with E-state index in [4.69, 9.17) is 16.3 Å². The highest BCUT2D eigenvalue weighted by atomic mass is 35.5. The van der Waals surface area contributed by atoms with Gasteiger partial charge >= 0.3 is 0 Å². The quantitative estimate of drug-likeness (QED) is 0.846. The third kappa shape index (κ3) is 4.60. The highest BCUT2D eigenvalue weighted by molar-refractivity contribution is 6.31. The minimum Gasteiger partial charge on any atom is -0.370 e. The Kier molecular flexibility index (Phi) is 5.99. The van der Waals surface area contributed by atoms with Crippen LogP contribution in [0.1, 0.15) is 23.9 Å². The van der Waals surface area contributed by atoms with Gasteiger partial charge in [-0.15, -0.1) is 0 Å². The molecule has 0 amide bonds. The van der Waals surface area contributed by atoms with Crippen LogP contribution in [0.4, 0.5) is 0 Å². The van der Waals surface area contributed by atoms with Crippen molar-refractivity contribution in [1.82, 2.24) is 10.3 Å². The van der Waals surface area contributed by atoms with Gasteiger partial charge in [0.2, 0.25) is 0 Å². The van der Waals surface area contributed by atoms with Crippen LogP contribution in [0, 0.1) is 0 Å². The van der Waals surface area contributed by atoms with Gasteiger partial charge in [0.25, 0.3) is 0 Å². The summed E-state index contributed by atoms with van der Waals surface area (Å²) in [5.74, 6) is 0. The molecule has 0 aliphatic carbocycles. The first-order chi connectivity index (χ1) is 9.79. The number of nitrogens with zero attached hydrogens (tertiary/aromatic N) is 1. The molecule has 0 aliphatic heterocycles. The molecule has 0 saturated heterocycles. The van der Waals surface area contributed by atoms with Crippen LogP contribution in [0.2, 0.25) is 5.02 Å². The monoisotopic (exact) mass is 290 g/mol. The van der Waals surface area contributed by atoms with E-state index in [0.29, 0.717) is 13.2 Å². The Morgan fingerprint density at radius 3 is 2.65 bits per heavy atom. The van der Waals surface area contributed by atoms with Crippen molar-refractivity contribution in [2.75, 3.05) is 6.54 Å². The molecule has 0 atom stereocenters. The van der Waals surface area contributed by atoms with Gasteiger partial charge in [-0.25, -0.2) is 0 Å². The van der Waals surface area contributed by atoms with Crippen LogP contribution < -0.4 is 5.32 Å². The molecule has 1 N–H and O–H groups in total. The maximum atomic E-state index is 6.08. The van der Waals surface area contributed by atoms with E-state index < -0.39 is 0 Å². The Hall–Kier alpha value is -1.42. The summed E-state index contributed by atoms with van der Waals surface area (Å²) in [5, 5.41) is 4.00. The maximum Gasteiger partial charge on any atom is 0.0892 e. The van der Waals surface area contributed by atoms with Crippen LogP contribution in [-0.2, 0) is 24.5 Å². The highest BCUT2D eigenvalue weighted by Gasteiger charge is 2.01. The zero-order valence-electron chi connectivity index (χ0n) is 11.6. The fourth-order valence-electron chi connectivity index (χ4n) is 1.84. The summed E-state index contributed by atoms with van der Waals surface area (Å²) in [6.07, 6.45) is 0. The second kappa shape index (κ2) is 8.00. The van der Waals surface area contributed by atoms with Crippen LogP contribution in [0.15, 0.2) is 42.5 Å². The van der Waals surface area contributed by atoms with Gasteiger partial charge in [-0.05, 0) is 30.3 Å². The molecule has 4 heteroatoms. The van der Waals surface area contributed by atoms with Gasteiger partial charge in [-0.1, -0.05) is 42.8 Å². The van der Waals surface area contributed by atoms with Gasteiger partial charge in [-0.2, -0.15) is 0 Å². The Balaban J connectivity index is 1.86. The number of ether oxygens (including phenoxy) is 1. The predicted molar refractivity (Wildman–Crippen MR) is 81.6 cm³/mol. The number of halogens is 1. The second-order valence-electron chi connectivity index (χ2n) is 4.48. The van der Waals surface area contributed by atoms with Crippen molar-refractivity contribution in [3.05, 3.63) is 64.4 Å². The summed E-state index contributed by atoms with van der Waals surface area (Å²) in [4.78, 5) is 4.54. The predicted octanol–water partition coefficient (Wildman–Crippen LogP) is 3.56. The summed E-state index contributed by atoms with van der Waals surface area (Å²) in [6, 6.07) is 13.7. The van der Waals surface area contributed by atoms with Crippen molar-refractivity contribution < 1.29 is 4.74 Å². The van der Waals surface area contributed by atoms with Crippen molar-refractivity contribution in [2.45, 2.75) is 26.7 Å². The second-order valence-corrected chi connectivity index (χ2v) is 4.89. The molecule has 2 rings (SSSR count). The van der Waals surface area contributed by atoms with Gasteiger partial charge in [-0.3, -0.25) is 4.98 Å². The zero-order valence-corrected chi connectivity index (χ0v) is 12.4. The first kappa shape index (κ1) is 15.0. The number of pyridine rings is 1. The Morgan fingerprint density at radius 2 is 1.85 bits per heavy atom. The van der Waals surface area contributed by atoms with Crippen LogP contribution in [0.25, 0.3) is 0 Å². The van der Waals surface area contributed by atoms with Gasteiger partial charge in [0, 0.05) is 11.6 Å². The summed E-state index contributed by atoms with van der Waals surface area (Å²) in [6.45, 7) is 4.80. The van der Waals surface area contributed by atoms with E-state index in [1.807, 2.05) is 42.5 Å². The van der Waals surface area contributed by atoms with Crippen LogP contribution in [0.5, 0.6) is 0 Å². The number of nitrogens with one attached hydrogen (secondary N) is 1. The molecule has 0 radical (unpaired) electrons. The first-order valence-corrected chi connectivity index (χ1v) is 7.14. The molecule has 0 bridgehead atoms. The summed E-state index contributed by atoms with van der Waals surface area (Å²) in [5.41, 5.74) is 2.97. The van der Waals surface area contributed by atoms with Crippen molar-refractivity contribution in [2.24, 2.45) is 0 Å². The van der Waals surface area contributed by atoms with Gasteiger partial charge in [0.1, 0.15) is 0 Å². The molecule has 3 nitrogen and oxygen atoms in total. The lowest BCUT2D eigenvalue weighted by Crippen LogP contribution is -2.13. The Labute approximate surface area is 124 Å². The zero-order chi connectivity index (χ0) is 14.2. The highest BCUT2D eigenvalue weighted by Crippen LogP contribution is 2.16. The van der Waals surface area contributed by atoms with Crippen molar-refractivity contribution in [3.8, 4) is 0 Å². The Morgan fingerprint density at radius 1 is 1.05 bits per heavy atom. The number of aromatic nitrogens is 1. The number of benzene rings is 1.